The van der Waals surface area contributed by atoms with Gasteiger partial charge >= 0.3 is 0 Å². The standard InChI is InChI=1S/C20H28N10/c1-4-20(23,5-2)16-8-18(27-11-26-16)29-17-7-12-6-14(15(9-21)30(3)24)28-19(22)13(12)10-25-17/h6-11H,4-5,21,23-24H2,1-3H3,(H2,22,28)(H,25,26,27,29)/b15-9-. The first-order chi connectivity index (χ1) is 14.3. The average Bonchev–Trinajstić information content (AvgIpc) is 2.73. The quantitative estimate of drug-likeness (QED) is 0.286. The Bertz CT molecular complexity index is 1070. The molecular weight excluding hydrogens is 380 g/mol. The molecule has 0 atom stereocenters. The van der Waals surface area contributed by atoms with Gasteiger partial charge in [0, 0.05) is 30.9 Å². The van der Waals surface area contributed by atoms with E-state index in [1.165, 1.54) is 17.5 Å². The molecule has 0 aromatic carbocycles. The fourth-order valence-electron chi connectivity index (χ4n) is 3.20. The van der Waals surface area contributed by atoms with Crippen molar-refractivity contribution in [2.24, 2.45) is 17.3 Å². The molecule has 0 bridgehead atoms. The van der Waals surface area contributed by atoms with Crippen LogP contribution in [-0.2, 0) is 5.54 Å². The van der Waals surface area contributed by atoms with Gasteiger partial charge in [0.25, 0.3) is 0 Å². The minimum atomic E-state index is -0.496. The van der Waals surface area contributed by atoms with Gasteiger partial charge in [0.15, 0.2) is 0 Å². The first-order valence-electron chi connectivity index (χ1n) is 9.66. The van der Waals surface area contributed by atoms with Crippen LogP contribution in [0.15, 0.2) is 36.9 Å². The largest absolute Gasteiger partial charge is 0.403 e. The molecule has 0 saturated carbocycles. The summed E-state index contributed by atoms with van der Waals surface area (Å²) in [7, 11) is 1.68. The fraction of sp³-hybridized carbons (Fsp3) is 0.300. The highest BCUT2D eigenvalue weighted by Crippen LogP contribution is 2.28. The first-order valence-corrected chi connectivity index (χ1v) is 9.66. The Morgan fingerprint density at radius 2 is 1.83 bits per heavy atom. The van der Waals surface area contributed by atoms with Crippen LogP contribution in [-0.4, -0.2) is 32.0 Å². The molecule has 0 unspecified atom stereocenters. The van der Waals surface area contributed by atoms with Crippen LogP contribution in [0.5, 0.6) is 0 Å². The third kappa shape index (κ3) is 4.09. The molecule has 0 saturated heterocycles. The number of nitrogens with zero attached hydrogens (tertiary/aromatic N) is 5. The number of anilines is 3. The molecule has 158 valence electrons. The fourth-order valence-corrected chi connectivity index (χ4v) is 3.20. The van der Waals surface area contributed by atoms with Crippen molar-refractivity contribution in [1.82, 2.24) is 24.9 Å². The molecule has 9 N–H and O–H groups in total. The van der Waals surface area contributed by atoms with Crippen LogP contribution >= 0.6 is 0 Å². The summed E-state index contributed by atoms with van der Waals surface area (Å²) in [6.45, 7) is 4.09. The second-order valence-corrected chi connectivity index (χ2v) is 7.12. The van der Waals surface area contributed by atoms with E-state index in [-0.39, 0.29) is 0 Å². The van der Waals surface area contributed by atoms with Crippen molar-refractivity contribution < 1.29 is 0 Å². The molecule has 10 heteroatoms. The van der Waals surface area contributed by atoms with Gasteiger partial charge in [0.05, 0.1) is 22.6 Å². The lowest BCUT2D eigenvalue weighted by molar-refractivity contribution is 0.400. The topological polar surface area (TPSA) is 171 Å². The molecule has 0 radical (unpaired) electrons. The van der Waals surface area contributed by atoms with Crippen molar-refractivity contribution in [1.29, 1.82) is 0 Å². The maximum absolute atomic E-state index is 6.47. The van der Waals surface area contributed by atoms with Gasteiger partial charge in [-0.15, -0.1) is 0 Å². The Kier molecular flexibility index (Phi) is 5.99. The lowest BCUT2D eigenvalue weighted by Gasteiger charge is -2.26. The predicted molar refractivity (Wildman–Crippen MR) is 120 cm³/mol. The molecule has 0 amide bonds. The van der Waals surface area contributed by atoms with Gasteiger partial charge in [-0.1, -0.05) is 13.8 Å². The molecule has 3 heterocycles. The summed E-state index contributed by atoms with van der Waals surface area (Å²) in [4.78, 5) is 17.5. The van der Waals surface area contributed by atoms with Crippen molar-refractivity contribution in [2.45, 2.75) is 32.2 Å². The van der Waals surface area contributed by atoms with E-state index in [1.807, 2.05) is 32.0 Å². The van der Waals surface area contributed by atoms with Crippen molar-refractivity contribution in [3.05, 3.63) is 48.3 Å². The van der Waals surface area contributed by atoms with Gasteiger partial charge in [-0.25, -0.2) is 25.8 Å². The Morgan fingerprint density at radius 3 is 2.47 bits per heavy atom. The Morgan fingerprint density at radius 1 is 1.13 bits per heavy atom. The van der Waals surface area contributed by atoms with Crippen molar-refractivity contribution in [3.8, 4) is 0 Å². The third-order valence-corrected chi connectivity index (χ3v) is 5.24. The van der Waals surface area contributed by atoms with Crippen molar-refractivity contribution in [3.63, 3.8) is 0 Å². The van der Waals surface area contributed by atoms with E-state index in [2.05, 4.69) is 25.3 Å². The zero-order valence-electron chi connectivity index (χ0n) is 17.4. The summed E-state index contributed by atoms with van der Waals surface area (Å²) < 4.78 is 0. The minimum Gasteiger partial charge on any atom is -0.403 e. The number of hydrogen-bond acceptors (Lipinski definition) is 10. The zero-order chi connectivity index (χ0) is 21.9. The molecule has 0 aliphatic heterocycles. The second kappa shape index (κ2) is 8.47. The molecule has 3 aromatic heterocycles. The van der Waals surface area contributed by atoms with Gasteiger partial charge < -0.3 is 27.5 Å². The number of nitrogen functional groups attached to an aromatic ring is 1. The van der Waals surface area contributed by atoms with Gasteiger partial charge in [-0.2, -0.15) is 0 Å². The molecule has 10 nitrogen and oxygen atoms in total. The van der Waals surface area contributed by atoms with E-state index in [4.69, 9.17) is 23.0 Å². The van der Waals surface area contributed by atoms with Crippen LogP contribution in [0.3, 0.4) is 0 Å². The van der Waals surface area contributed by atoms with Crippen LogP contribution in [0.25, 0.3) is 16.5 Å². The number of nitrogens with two attached hydrogens (primary N) is 4. The minimum absolute atomic E-state index is 0.339. The number of nitrogens with one attached hydrogen (secondary N) is 1. The van der Waals surface area contributed by atoms with Crippen LogP contribution in [0, 0.1) is 0 Å². The Balaban J connectivity index is 1.98. The zero-order valence-corrected chi connectivity index (χ0v) is 17.4. The number of pyridine rings is 2. The average molecular weight is 409 g/mol. The van der Waals surface area contributed by atoms with Gasteiger partial charge in [-0.3, -0.25) is 0 Å². The smallest absolute Gasteiger partial charge is 0.135 e. The van der Waals surface area contributed by atoms with Crippen molar-refractivity contribution >= 4 is 33.9 Å². The van der Waals surface area contributed by atoms with E-state index in [1.54, 1.807) is 13.2 Å². The molecule has 0 aliphatic carbocycles. The molecule has 30 heavy (non-hydrogen) atoms. The van der Waals surface area contributed by atoms with E-state index >= 15 is 0 Å². The van der Waals surface area contributed by atoms with Crippen molar-refractivity contribution in [2.75, 3.05) is 18.1 Å². The first kappa shape index (κ1) is 21.2. The van der Waals surface area contributed by atoms with Gasteiger partial charge in [0.1, 0.15) is 23.8 Å². The SMILES string of the molecule is CCC(N)(CC)c1cc(Nc2cc3cc(/C(=C/N)N(C)N)nc(N)c3cn2)ncn1. The number of hydrogen-bond donors (Lipinski definition) is 5. The van der Waals surface area contributed by atoms with Gasteiger partial charge in [0.2, 0.25) is 0 Å². The number of aromatic nitrogens is 4. The van der Waals surface area contributed by atoms with Crippen LogP contribution < -0.4 is 28.4 Å². The van der Waals surface area contributed by atoms with Crippen LogP contribution in [0.4, 0.5) is 17.5 Å². The Hall–Kier alpha value is -3.50. The summed E-state index contributed by atoms with van der Waals surface area (Å²) in [5.41, 5.74) is 19.7. The van der Waals surface area contributed by atoms with Crippen LogP contribution in [0.2, 0.25) is 0 Å². The summed E-state index contributed by atoms with van der Waals surface area (Å²) >= 11 is 0. The van der Waals surface area contributed by atoms with E-state index in [0.717, 1.165) is 29.3 Å². The number of fused-ring (bicyclic) bond motifs is 1. The maximum Gasteiger partial charge on any atom is 0.135 e. The van der Waals surface area contributed by atoms with E-state index in [0.29, 0.717) is 28.8 Å². The lowest BCUT2D eigenvalue weighted by Crippen LogP contribution is -2.36. The monoisotopic (exact) mass is 408 g/mol. The highest BCUT2D eigenvalue weighted by molar-refractivity contribution is 5.93. The lowest BCUT2D eigenvalue weighted by atomic mass is 9.90. The molecule has 0 fully saturated rings. The number of hydrazine groups is 1. The summed E-state index contributed by atoms with van der Waals surface area (Å²) in [6.07, 6.45) is 6.10. The Labute approximate surface area is 175 Å². The predicted octanol–water partition coefficient (Wildman–Crippen LogP) is 1.78. The summed E-state index contributed by atoms with van der Waals surface area (Å²) in [5.74, 6) is 7.37. The molecule has 0 aliphatic rings. The van der Waals surface area contributed by atoms with Crippen LogP contribution in [0.1, 0.15) is 38.1 Å². The summed E-state index contributed by atoms with van der Waals surface area (Å²) in [5, 5.41) is 6.15. The highest BCUT2D eigenvalue weighted by Gasteiger charge is 2.25. The number of rotatable bonds is 7. The maximum atomic E-state index is 6.47. The summed E-state index contributed by atoms with van der Waals surface area (Å²) in [6, 6.07) is 5.56. The van der Waals surface area contributed by atoms with E-state index < -0.39 is 5.54 Å². The molecule has 3 rings (SSSR count). The normalized spacial score (nSPS) is 12.2. The van der Waals surface area contributed by atoms with E-state index in [9.17, 15) is 0 Å². The third-order valence-electron chi connectivity index (χ3n) is 5.24. The highest BCUT2D eigenvalue weighted by atomic mass is 15.4. The molecule has 0 spiro atoms. The van der Waals surface area contributed by atoms with Gasteiger partial charge in [-0.05, 0) is 30.4 Å². The second-order valence-electron chi connectivity index (χ2n) is 7.12. The molecular formula is C20H28N10. The molecule has 3 aromatic rings.